The average Bonchev–Trinajstić information content (AvgIpc) is 2.53. The van der Waals surface area contributed by atoms with Crippen LogP contribution in [0, 0.1) is 0 Å². The summed E-state index contributed by atoms with van der Waals surface area (Å²) >= 11 is 0. The number of primary amides is 1. The van der Waals surface area contributed by atoms with Crippen LogP contribution >= 0.6 is 0 Å². The molecule has 0 atom stereocenters. The Morgan fingerprint density at radius 2 is 1.91 bits per heavy atom. The lowest BCUT2D eigenvalue weighted by Gasteiger charge is -1.97. The van der Waals surface area contributed by atoms with Gasteiger partial charge in [0.2, 0.25) is 5.91 Å². The first kappa shape index (κ1) is 19.4. The number of amides is 1. The van der Waals surface area contributed by atoms with Gasteiger partial charge in [0.25, 0.3) is 0 Å². The largest absolute Gasteiger partial charge is 0.463 e. The van der Waals surface area contributed by atoms with Gasteiger partial charge in [-0.2, -0.15) is 0 Å². The number of hydrogen-bond acceptors (Lipinski definition) is 3. The van der Waals surface area contributed by atoms with Gasteiger partial charge in [-0.05, 0) is 12.0 Å². The summed E-state index contributed by atoms with van der Waals surface area (Å²) in [5, 5.41) is 0. The number of nitrogens with two attached hydrogens (primary N) is 1. The molecule has 0 bridgehead atoms. The van der Waals surface area contributed by atoms with Crippen molar-refractivity contribution in [1.29, 1.82) is 0 Å². The fraction of sp³-hybridized carbons (Fsp3) is 0.222. The molecule has 0 aliphatic carbocycles. The van der Waals surface area contributed by atoms with Gasteiger partial charge in [0.05, 0.1) is 6.61 Å². The van der Waals surface area contributed by atoms with Crippen molar-refractivity contribution in [3.63, 3.8) is 0 Å². The monoisotopic (exact) mass is 301 g/mol. The molecule has 2 N–H and O–H groups in total. The van der Waals surface area contributed by atoms with Crippen LogP contribution < -0.4 is 5.73 Å². The third kappa shape index (κ3) is 12.4. The first-order chi connectivity index (χ1) is 10.6. The number of rotatable bonds is 7. The van der Waals surface area contributed by atoms with Crippen molar-refractivity contribution in [2.45, 2.75) is 19.8 Å². The van der Waals surface area contributed by atoms with Crippen LogP contribution in [0.4, 0.5) is 0 Å². The van der Waals surface area contributed by atoms with Gasteiger partial charge in [-0.25, -0.2) is 4.79 Å². The highest BCUT2D eigenvalue weighted by Gasteiger charge is 1.91. The molecule has 0 fully saturated rings. The number of carbonyl (C=O) groups excluding carboxylic acids is 2. The second-order valence-corrected chi connectivity index (χ2v) is 4.26. The number of hydrogen-bond donors (Lipinski definition) is 1. The summed E-state index contributed by atoms with van der Waals surface area (Å²) in [6, 6.07) is 9.83. The van der Waals surface area contributed by atoms with E-state index in [1.54, 1.807) is 12.2 Å². The van der Waals surface area contributed by atoms with Crippen LogP contribution in [0.15, 0.2) is 61.2 Å². The van der Waals surface area contributed by atoms with E-state index in [0.29, 0.717) is 6.61 Å². The van der Waals surface area contributed by atoms with Crippen molar-refractivity contribution >= 4 is 18.0 Å². The fourth-order valence-electron chi connectivity index (χ4n) is 1.26. The van der Waals surface area contributed by atoms with Crippen molar-refractivity contribution in [2.24, 2.45) is 5.73 Å². The van der Waals surface area contributed by atoms with E-state index in [0.717, 1.165) is 18.4 Å². The highest BCUT2D eigenvalue weighted by molar-refractivity contribution is 5.86. The van der Waals surface area contributed by atoms with Gasteiger partial charge >= 0.3 is 5.97 Å². The van der Waals surface area contributed by atoms with Gasteiger partial charge in [0, 0.05) is 12.2 Å². The zero-order valence-corrected chi connectivity index (χ0v) is 12.9. The van der Waals surface area contributed by atoms with Crippen LogP contribution in [-0.2, 0) is 14.3 Å². The smallest absolute Gasteiger partial charge is 0.330 e. The number of ether oxygens (including phenoxy) is 1. The molecule has 1 aromatic carbocycles. The first-order valence-corrected chi connectivity index (χ1v) is 7.08. The summed E-state index contributed by atoms with van der Waals surface area (Å²) in [5.74, 6) is -0.763. The first-order valence-electron chi connectivity index (χ1n) is 7.08. The van der Waals surface area contributed by atoms with Crippen LogP contribution in [0.3, 0.4) is 0 Å². The molecule has 0 aliphatic rings. The van der Waals surface area contributed by atoms with Crippen molar-refractivity contribution in [3.05, 3.63) is 66.8 Å². The molecular weight excluding hydrogens is 278 g/mol. The Labute approximate surface area is 132 Å². The zero-order chi connectivity index (χ0) is 16.6. The van der Waals surface area contributed by atoms with Gasteiger partial charge < -0.3 is 10.5 Å². The van der Waals surface area contributed by atoms with E-state index < -0.39 is 5.91 Å². The highest BCUT2D eigenvalue weighted by atomic mass is 16.5. The van der Waals surface area contributed by atoms with Crippen LogP contribution in [0.25, 0.3) is 6.08 Å². The molecule has 4 nitrogen and oxygen atoms in total. The van der Waals surface area contributed by atoms with Crippen LogP contribution in [0.5, 0.6) is 0 Å². The quantitative estimate of drug-likeness (QED) is 0.364. The third-order valence-corrected chi connectivity index (χ3v) is 2.37. The van der Waals surface area contributed by atoms with E-state index in [1.165, 1.54) is 12.2 Å². The van der Waals surface area contributed by atoms with Crippen molar-refractivity contribution in [3.8, 4) is 0 Å². The Balaban J connectivity index is 0.000000433. The molecule has 1 aromatic rings. The van der Waals surface area contributed by atoms with Crippen LogP contribution in [-0.4, -0.2) is 18.5 Å². The molecule has 0 radical (unpaired) electrons. The maximum atomic E-state index is 10.3. The van der Waals surface area contributed by atoms with E-state index in [1.807, 2.05) is 43.3 Å². The van der Waals surface area contributed by atoms with Gasteiger partial charge in [0.1, 0.15) is 0 Å². The lowest BCUT2D eigenvalue weighted by molar-refractivity contribution is -0.137. The van der Waals surface area contributed by atoms with Gasteiger partial charge in [-0.15, -0.1) is 0 Å². The maximum absolute atomic E-state index is 10.3. The lowest BCUT2D eigenvalue weighted by atomic mass is 10.2. The van der Waals surface area contributed by atoms with E-state index in [4.69, 9.17) is 5.73 Å². The van der Waals surface area contributed by atoms with E-state index in [9.17, 15) is 9.59 Å². The molecule has 0 saturated heterocycles. The molecule has 0 spiro atoms. The molecule has 0 unspecified atom stereocenters. The van der Waals surface area contributed by atoms with E-state index in [2.05, 4.69) is 11.3 Å². The summed E-state index contributed by atoms with van der Waals surface area (Å²) in [4.78, 5) is 20.7. The number of carbonyl (C=O) groups is 2. The molecule has 0 heterocycles. The molecule has 4 heteroatoms. The molecule has 0 aliphatic heterocycles. The van der Waals surface area contributed by atoms with Crippen molar-refractivity contribution in [2.75, 3.05) is 6.61 Å². The SMILES string of the molecule is C=CC(=O)OCCCC.NC(=O)C=CC=Cc1ccccc1. The predicted molar refractivity (Wildman–Crippen MR) is 89.9 cm³/mol. The third-order valence-electron chi connectivity index (χ3n) is 2.37. The second-order valence-electron chi connectivity index (χ2n) is 4.26. The molecule has 118 valence electrons. The molecular formula is C18H23NO3. The van der Waals surface area contributed by atoms with Crippen molar-refractivity contribution < 1.29 is 14.3 Å². The Hall–Kier alpha value is -2.62. The van der Waals surface area contributed by atoms with Crippen molar-refractivity contribution in [1.82, 2.24) is 0 Å². The summed E-state index contributed by atoms with van der Waals surface area (Å²) in [5.41, 5.74) is 6.01. The molecule has 1 rings (SSSR count). The Morgan fingerprint density at radius 1 is 1.23 bits per heavy atom. The normalized spacial score (nSPS) is 10.0. The predicted octanol–water partition coefficient (Wildman–Crippen LogP) is 3.26. The van der Waals surface area contributed by atoms with E-state index in [-0.39, 0.29) is 5.97 Å². The van der Waals surface area contributed by atoms with Gasteiger partial charge in [-0.1, -0.05) is 68.5 Å². The minimum absolute atomic E-state index is 0.330. The zero-order valence-electron chi connectivity index (χ0n) is 12.9. The lowest BCUT2D eigenvalue weighted by Crippen LogP contribution is -2.04. The number of benzene rings is 1. The summed E-state index contributed by atoms with van der Waals surface area (Å²) < 4.78 is 4.67. The number of unbranched alkanes of at least 4 members (excludes halogenated alkanes) is 1. The number of esters is 1. The molecule has 0 saturated carbocycles. The molecule has 22 heavy (non-hydrogen) atoms. The van der Waals surface area contributed by atoms with E-state index >= 15 is 0 Å². The van der Waals surface area contributed by atoms with Crippen LogP contribution in [0.2, 0.25) is 0 Å². The fourth-order valence-corrected chi connectivity index (χ4v) is 1.26. The topological polar surface area (TPSA) is 69.4 Å². The van der Waals surface area contributed by atoms with Crippen LogP contribution in [0.1, 0.15) is 25.3 Å². The summed E-state index contributed by atoms with van der Waals surface area (Å²) in [6.45, 7) is 5.82. The standard InChI is InChI=1S/C11H11NO.C7H12O2/c12-11(13)9-5-4-8-10-6-2-1-3-7-10;1-3-5-6-9-7(8)4-2/h1-9H,(H2,12,13);4H,2-3,5-6H2,1H3. The minimum atomic E-state index is -0.433. The molecule has 0 aromatic heterocycles. The average molecular weight is 301 g/mol. The number of allylic oxidation sites excluding steroid dienone is 2. The van der Waals surface area contributed by atoms with Gasteiger partial charge in [-0.3, -0.25) is 4.79 Å². The highest BCUT2D eigenvalue weighted by Crippen LogP contribution is 2.00. The summed E-state index contributed by atoms with van der Waals surface area (Å²) in [7, 11) is 0. The Morgan fingerprint density at radius 3 is 2.45 bits per heavy atom. The minimum Gasteiger partial charge on any atom is -0.463 e. The summed E-state index contributed by atoms with van der Waals surface area (Å²) in [6.07, 6.45) is 9.77. The molecule has 1 amide bonds. The van der Waals surface area contributed by atoms with Gasteiger partial charge in [0.15, 0.2) is 0 Å². The Bertz CT molecular complexity index is 504. The maximum Gasteiger partial charge on any atom is 0.330 e. The second kappa shape index (κ2) is 13.4. The Kier molecular flexibility index (Phi) is 11.8.